The standard InChI is InChI=1S/Ag.H2O2P/c;1-3-2/h;3H2/q+1;-1. The average Bonchev–Trinajstić information content (AvgIpc) is 0.918. The predicted octanol–water partition coefficient (Wildman–Crippen LogP) is -2.05. The van der Waals surface area contributed by atoms with E-state index in [0.717, 1.165) is 0 Å². The van der Waals surface area contributed by atoms with E-state index in [1.54, 1.807) is 0 Å². The van der Waals surface area contributed by atoms with Crippen LogP contribution >= 0.6 is 9.03 Å². The van der Waals surface area contributed by atoms with Crippen molar-refractivity contribution in [3.05, 3.63) is 0 Å². The number of hydrogen-bond donors (Lipinski definition) is 0. The van der Waals surface area contributed by atoms with Crippen LogP contribution < -0.4 is 9.79 Å². The molecule has 0 saturated carbocycles. The van der Waals surface area contributed by atoms with E-state index in [4.69, 9.17) is 9.79 Å². The summed E-state index contributed by atoms with van der Waals surface area (Å²) in [5.74, 6) is 0. The smallest absolute Gasteiger partial charge is 0.687 e. The molecule has 0 atom stereocenters. The fourth-order valence-electron chi connectivity index (χ4n) is 0. The summed E-state index contributed by atoms with van der Waals surface area (Å²) in [6.07, 6.45) is 0. The molecule has 0 heterocycles. The Labute approximate surface area is 41.7 Å². The van der Waals surface area contributed by atoms with Gasteiger partial charge in [-0.15, -0.1) is 9.03 Å². The van der Waals surface area contributed by atoms with Gasteiger partial charge in [-0.25, -0.2) is 0 Å². The van der Waals surface area contributed by atoms with E-state index in [-0.39, 0.29) is 22.4 Å². The van der Waals surface area contributed by atoms with Gasteiger partial charge >= 0.3 is 22.4 Å². The maximum Gasteiger partial charge on any atom is 1.00 e. The topological polar surface area (TPSA) is 46.1 Å². The SMILES string of the molecule is [Ag+].[O-][PH2+][O-]. The van der Waals surface area contributed by atoms with Crippen molar-refractivity contribution in [2.45, 2.75) is 0 Å². The molecule has 0 fully saturated rings. The molecule has 0 amide bonds. The number of rotatable bonds is 0. The third kappa shape index (κ3) is 11.4. The molecule has 4 heavy (non-hydrogen) atoms. The first kappa shape index (κ1) is 8.92. The largest absolute Gasteiger partial charge is 1.00 e. The molecule has 0 N–H and O–H groups in total. The first-order valence-corrected chi connectivity index (χ1v) is 1.41. The molecule has 0 aliphatic heterocycles. The molecule has 0 radical (unpaired) electrons. The zero-order chi connectivity index (χ0) is 2.71. The molecule has 0 aromatic heterocycles. The van der Waals surface area contributed by atoms with Crippen LogP contribution in [0, 0.1) is 0 Å². The van der Waals surface area contributed by atoms with Crippen molar-refractivity contribution in [3.8, 4) is 0 Å². The average molecular weight is 173 g/mol. The third-order valence-electron chi connectivity index (χ3n) is 0. The molecule has 0 bridgehead atoms. The van der Waals surface area contributed by atoms with Crippen LogP contribution in [-0.4, -0.2) is 0 Å². The van der Waals surface area contributed by atoms with E-state index in [1.165, 1.54) is 0 Å². The second-order valence-corrected chi connectivity index (χ2v) is 0.289. The third-order valence-corrected chi connectivity index (χ3v) is 0. The summed E-state index contributed by atoms with van der Waals surface area (Å²) in [4.78, 5) is 16.9. The minimum absolute atomic E-state index is 0. The molecule has 0 rings (SSSR count). The summed E-state index contributed by atoms with van der Waals surface area (Å²) in [7, 11) is -1.75. The van der Waals surface area contributed by atoms with Gasteiger partial charge in [0.25, 0.3) is 0 Å². The Bertz CT molecular complexity index is 6.00. The van der Waals surface area contributed by atoms with Crippen LogP contribution in [0.15, 0.2) is 0 Å². The van der Waals surface area contributed by atoms with Crippen molar-refractivity contribution in [2.24, 2.45) is 0 Å². The van der Waals surface area contributed by atoms with Gasteiger partial charge in [0.2, 0.25) is 0 Å². The maximum atomic E-state index is 8.46. The molecule has 0 aliphatic carbocycles. The molecule has 0 unspecified atom stereocenters. The second-order valence-electron chi connectivity index (χ2n) is 0.0962. The molecule has 0 aromatic rings. The quantitative estimate of drug-likeness (QED) is 0.312. The van der Waals surface area contributed by atoms with Crippen molar-refractivity contribution in [1.82, 2.24) is 0 Å². The molecule has 0 aromatic carbocycles. The summed E-state index contributed by atoms with van der Waals surface area (Å²) in [6.45, 7) is 0. The van der Waals surface area contributed by atoms with E-state index in [0.29, 0.717) is 0 Å². The van der Waals surface area contributed by atoms with Gasteiger partial charge in [-0.05, 0) is 0 Å². The summed E-state index contributed by atoms with van der Waals surface area (Å²) >= 11 is 0. The van der Waals surface area contributed by atoms with Crippen LogP contribution in [0.3, 0.4) is 0 Å². The van der Waals surface area contributed by atoms with Gasteiger partial charge in [-0.1, -0.05) is 0 Å². The molecule has 0 saturated heterocycles. The Hall–Kier alpha value is 1.09. The zero-order valence-electron chi connectivity index (χ0n) is 1.70. The molecule has 30 valence electrons. The Balaban J connectivity index is 0. The normalized spacial score (nSPS) is 4.50. The van der Waals surface area contributed by atoms with E-state index in [1.807, 2.05) is 0 Å². The van der Waals surface area contributed by atoms with Gasteiger partial charge < -0.3 is 9.79 Å². The first-order chi connectivity index (χ1) is 1.41. The minimum Gasteiger partial charge on any atom is -0.687 e. The van der Waals surface area contributed by atoms with Gasteiger partial charge in [0.05, 0.1) is 0 Å². The van der Waals surface area contributed by atoms with E-state index in [9.17, 15) is 0 Å². The van der Waals surface area contributed by atoms with E-state index in [2.05, 4.69) is 0 Å². The van der Waals surface area contributed by atoms with Crippen LogP contribution in [0.2, 0.25) is 0 Å². The van der Waals surface area contributed by atoms with Crippen LogP contribution in [0.5, 0.6) is 0 Å². The molecular weight excluding hydrogens is 171 g/mol. The van der Waals surface area contributed by atoms with E-state index >= 15 is 0 Å². The van der Waals surface area contributed by atoms with Crippen molar-refractivity contribution >= 4 is 9.03 Å². The van der Waals surface area contributed by atoms with Gasteiger partial charge in [0, 0.05) is 0 Å². The molecule has 0 spiro atoms. The van der Waals surface area contributed by atoms with Crippen LogP contribution in [0.1, 0.15) is 0 Å². The Kier molecular flexibility index (Phi) is 19.9. The molecule has 2 nitrogen and oxygen atoms in total. The Morgan fingerprint density at radius 2 is 1.25 bits per heavy atom. The predicted molar refractivity (Wildman–Crippen MR) is 9.71 cm³/mol. The fraction of sp³-hybridized carbons (Fsp3) is 0. The van der Waals surface area contributed by atoms with Crippen molar-refractivity contribution in [1.29, 1.82) is 0 Å². The minimum atomic E-state index is -1.75. The van der Waals surface area contributed by atoms with Gasteiger partial charge in [0.15, 0.2) is 0 Å². The van der Waals surface area contributed by atoms with Crippen LogP contribution in [-0.2, 0) is 22.4 Å². The first-order valence-electron chi connectivity index (χ1n) is 0.471. The van der Waals surface area contributed by atoms with Gasteiger partial charge in [-0.2, -0.15) is 0 Å². The van der Waals surface area contributed by atoms with Crippen molar-refractivity contribution in [2.75, 3.05) is 0 Å². The molecule has 4 heteroatoms. The van der Waals surface area contributed by atoms with Gasteiger partial charge in [-0.3, -0.25) is 0 Å². The van der Waals surface area contributed by atoms with Crippen molar-refractivity contribution < 1.29 is 32.2 Å². The maximum absolute atomic E-state index is 8.46. The van der Waals surface area contributed by atoms with Crippen LogP contribution in [0.25, 0.3) is 0 Å². The second kappa shape index (κ2) is 8.94. The zero-order valence-corrected chi connectivity index (χ0v) is 4.33. The summed E-state index contributed by atoms with van der Waals surface area (Å²) in [6, 6.07) is 0. The Morgan fingerprint density at radius 1 is 1.25 bits per heavy atom. The van der Waals surface area contributed by atoms with E-state index < -0.39 is 9.03 Å². The summed E-state index contributed by atoms with van der Waals surface area (Å²) < 4.78 is 0. The summed E-state index contributed by atoms with van der Waals surface area (Å²) in [5, 5.41) is 0. The van der Waals surface area contributed by atoms with Gasteiger partial charge in [0.1, 0.15) is 0 Å². The number of hydrogen-bond acceptors (Lipinski definition) is 2. The van der Waals surface area contributed by atoms with Crippen LogP contribution in [0.4, 0.5) is 0 Å². The monoisotopic (exact) mass is 172 g/mol. The molecular formula is H2AgO2P. The van der Waals surface area contributed by atoms with Crippen molar-refractivity contribution in [3.63, 3.8) is 0 Å². The fourth-order valence-corrected chi connectivity index (χ4v) is 0. The molecule has 0 aliphatic rings. The summed E-state index contributed by atoms with van der Waals surface area (Å²) in [5.41, 5.74) is 0. The Morgan fingerprint density at radius 3 is 1.25 bits per heavy atom.